The summed E-state index contributed by atoms with van der Waals surface area (Å²) in [7, 11) is -1.99. The van der Waals surface area contributed by atoms with Gasteiger partial charge in [0.1, 0.15) is 0 Å². The molecule has 1 radical (unpaired) electrons. The van der Waals surface area contributed by atoms with Crippen LogP contribution in [0.5, 0.6) is 0 Å². The molecule has 1 N–H and O–H groups in total. The van der Waals surface area contributed by atoms with Crippen LogP contribution in [0.2, 0.25) is 0 Å². The van der Waals surface area contributed by atoms with Crippen molar-refractivity contribution < 1.29 is 38.1 Å². The molecule has 12 rings (SSSR count). The van der Waals surface area contributed by atoms with Crippen LogP contribution in [0.4, 0.5) is 11.4 Å². The molecule has 0 unspecified atom stereocenters. The van der Waals surface area contributed by atoms with E-state index in [-0.39, 0.29) is 28.3 Å². The minimum absolute atomic E-state index is 0. The number of ether oxygens (including phenoxy) is 1. The van der Waals surface area contributed by atoms with Gasteiger partial charge >= 0.3 is 0 Å². The average molecular weight is 847 g/mol. The second kappa shape index (κ2) is 16.4. The largest absolute Gasteiger partial charge is 0.686 e. The maximum absolute atomic E-state index is 9.19. The van der Waals surface area contributed by atoms with Gasteiger partial charge in [-0.05, 0) is 146 Å². The fourth-order valence-corrected chi connectivity index (χ4v) is 18.2. The van der Waals surface area contributed by atoms with Gasteiger partial charge in [0.15, 0.2) is 0 Å². The molecule has 1 heterocycles. The van der Waals surface area contributed by atoms with Crippen LogP contribution in [-0.2, 0) is 35.3 Å². The molecule has 8 aliphatic carbocycles. The summed E-state index contributed by atoms with van der Waals surface area (Å²) < 4.78 is 31.7. The summed E-state index contributed by atoms with van der Waals surface area (Å²) in [5.74, 6) is 6.37. The Morgan fingerprint density at radius 1 is 0.736 bits per heavy atom. The van der Waals surface area contributed by atoms with Crippen molar-refractivity contribution in [2.45, 2.75) is 87.4 Å². The summed E-state index contributed by atoms with van der Waals surface area (Å²) in [6, 6.07) is 29.1. The Hall–Kier alpha value is -1.78. The van der Waals surface area contributed by atoms with E-state index in [1.165, 1.54) is 0 Å². The van der Waals surface area contributed by atoms with Crippen LogP contribution >= 0.6 is 7.92 Å². The Kier molecular flexibility index (Phi) is 12.2. The first-order valence-electron chi connectivity index (χ1n) is 19.9. The van der Waals surface area contributed by atoms with Crippen molar-refractivity contribution >= 4 is 34.7 Å². The van der Waals surface area contributed by atoms with Crippen molar-refractivity contribution in [2.75, 3.05) is 44.5 Å². The predicted molar refractivity (Wildman–Crippen MR) is 215 cm³/mol. The first-order chi connectivity index (χ1) is 25.1. The fraction of sp³-hybridized carbons (Fsp3) is 0.591. The van der Waals surface area contributed by atoms with Crippen LogP contribution in [0.15, 0.2) is 72.8 Å². The van der Waals surface area contributed by atoms with Gasteiger partial charge < -0.3 is 15.0 Å². The van der Waals surface area contributed by atoms with Crippen molar-refractivity contribution in [1.29, 1.82) is 0 Å². The van der Waals surface area contributed by atoms with Gasteiger partial charge in [-0.15, -0.1) is 12.7 Å². The minimum atomic E-state index is -3.67. The molecule has 1 aliphatic heterocycles. The normalized spacial score (nSPS) is 33.8. The molecule has 1 saturated heterocycles. The zero-order valence-electron chi connectivity index (χ0n) is 31.4. The van der Waals surface area contributed by atoms with Crippen molar-refractivity contribution in [3.63, 3.8) is 0 Å². The molecular weight excluding hydrogens is 790 g/mol. The maximum atomic E-state index is 9.19. The van der Waals surface area contributed by atoms with Gasteiger partial charge in [-0.2, -0.15) is 8.42 Å². The topological polar surface area (TPSA) is 80.9 Å². The zero-order valence-corrected chi connectivity index (χ0v) is 34.7. The summed E-state index contributed by atoms with van der Waals surface area (Å²) in [5.41, 5.74) is 4.86. The predicted octanol–water partition coefficient (Wildman–Crippen LogP) is 9.86. The number of rotatable bonds is 6. The quantitative estimate of drug-likeness (QED) is 0.152. The van der Waals surface area contributed by atoms with Gasteiger partial charge in [0.05, 0.1) is 19.5 Å². The molecule has 289 valence electrons. The van der Waals surface area contributed by atoms with Gasteiger partial charge in [-0.3, -0.25) is 4.55 Å². The third-order valence-corrected chi connectivity index (χ3v) is 17.4. The number of hydrogen-bond acceptors (Lipinski definition) is 4. The van der Waals surface area contributed by atoms with Crippen LogP contribution in [0, 0.1) is 41.6 Å². The average Bonchev–Trinajstić information content (AvgIpc) is 3.11. The number of para-hydroxylation sites is 2. The molecule has 6 nitrogen and oxygen atoms in total. The third-order valence-electron chi connectivity index (χ3n) is 13.6. The Balaban J connectivity index is 0.000000182. The first-order valence-corrected chi connectivity index (χ1v) is 23.1. The standard InChI is InChI=1S/C30H42NOP.C13H11N.CH4O3S.Pd/c1-2-4-28(27(3-1)31-5-7-32-8-6-31)33(29-15-21-9-22(16-29)11-23(10-21)17-29)30-18-24-12-25(19-30)14-26(13-24)20-30;1-14-13-10-6-5-9-12(13)11-7-3-2-4-8-11;1-5(2,3)4;/h1-4,21-26H,5-20H2;2-7,9-10H,1H3;1H3,(H,2,3,4);/q;-1;;. The molecule has 9 aliphatic rings. The van der Waals surface area contributed by atoms with E-state index in [0.717, 1.165) is 78.6 Å². The smallest absolute Gasteiger partial charge is 0.261 e. The van der Waals surface area contributed by atoms with E-state index >= 15 is 0 Å². The van der Waals surface area contributed by atoms with E-state index < -0.39 is 10.1 Å². The molecule has 0 atom stereocenters. The van der Waals surface area contributed by atoms with E-state index in [0.29, 0.717) is 16.6 Å². The Morgan fingerprint density at radius 3 is 1.66 bits per heavy atom. The fourth-order valence-electron chi connectivity index (χ4n) is 12.9. The molecular formula is C44H57N2O4PPdS-. The van der Waals surface area contributed by atoms with E-state index in [1.807, 2.05) is 54.8 Å². The van der Waals surface area contributed by atoms with Gasteiger partial charge in [0.25, 0.3) is 10.1 Å². The van der Waals surface area contributed by atoms with E-state index in [4.69, 9.17) is 9.29 Å². The zero-order chi connectivity index (χ0) is 35.9. The minimum Gasteiger partial charge on any atom is -0.686 e. The number of anilines is 1. The molecule has 9 fully saturated rings. The molecule has 3 aromatic carbocycles. The summed E-state index contributed by atoms with van der Waals surface area (Å²) >= 11 is 0. The van der Waals surface area contributed by atoms with Gasteiger partial charge in [-0.25, -0.2) is 0 Å². The van der Waals surface area contributed by atoms with Gasteiger partial charge in [0.2, 0.25) is 0 Å². The molecule has 9 heteroatoms. The molecule has 8 saturated carbocycles. The molecule has 3 aromatic rings. The monoisotopic (exact) mass is 846 g/mol. The van der Waals surface area contributed by atoms with Gasteiger partial charge in [-0.1, -0.05) is 74.7 Å². The molecule has 53 heavy (non-hydrogen) atoms. The van der Waals surface area contributed by atoms with E-state index in [2.05, 4.69) is 46.6 Å². The summed E-state index contributed by atoms with van der Waals surface area (Å²) in [6.07, 6.45) is 19.7. The molecule has 0 spiro atoms. The first kappa shape index (κ1) is 39.5. The summed E-state index contributed by atoms with van der Waals surface area (Å²) in [4.78, 5) is 2.72. The Labute approximate surface area is 333 Å². The van der Waals surface area contributed by atoms with Crippen LogP contribution in [-0.4, -0.2) is 62.9 Å². The van der Waals surface area contributed by atoms with Crippen LogP contribution in [0.1, 0.15) is 77.0 Å². The van der Waals surface area contributed by atoms with Crippen LogP contribution in [0.25, 0.3) is 16.4 Å². The number of hydrogen-bond donors (Lipinski definition) is 1. The maximum Gasteiger partial charge on any atom is 0.261 e. The Bertz CT molecular complexity index is 1680. The summed E-state index contributed by atoms with van der Waals surface area (Å²) in [5, 5.41) is 7.40. The molecule has 0 aromatic heterocycles. The van der Waals surface area contributed by atoms with E-state index in [1.54, 1.807) is 82.7 Å². The van der Waals surface area contributed by atoms with Crippen molar-refractivity contribution in [3.05, 3.63) is 84.2 Å². The SMILES string of the molecule is CS(=O)(=O)O.C[N-]c1ccccc1-c1[c]cccc1.[Pd].c1ccc(P(C23CC4CC(CC(C4)C2)C3)C23CC4CC(CC(C4)C2)C3)c(N2CCOCC2)c1. The van der Waals surface area contributed by atoms with Crippen LogP contribution in [0.3, 0.4) is 0 Å². The summed E-state index contributed by atoms with van der Waals surface area (Å²) in [6.45, 7) is 3.98. The molecule has 8 bridgehead atoms. The van der Waals surface area contributed by atoms with Crippen molar-refractivity contribution in [2.24, 2.45) is 35.5 Å². The van der Waals surface area contributed by atoms with E-state index in [9.17, 15) is 8.42 Å². The number of nitrogens with zero attached hydrogens (tertiary/aromatic N) is 2. The third kappa shape index (κ3) is 8.65. The van der Waals surface area contributed by atoms with Crippen LogP contribution < -0.4 is 10.2 Å². The van der Waals surface area contributed by atoms with Gasteiger partial charge in [0, 0.05) is 44.5 Å². The second-order valence-electron chi connectivity index (χ2n) is 17.5. The van der Waals surface area contributed by atoms with Crippen molar-refractivity contribution in [1.82, 2.24) is 0 Å². The Morgan fingerprint density at radius 2 is 1.19 bits per heavy atom. The molecule has 0 amide bonds. The van der Waals surface area contributed by atoms with Crippen molar-refractivity contribution in [3.8, 4) is 11.1 Å². The second-order valence-corrected chi connectivity index (χ2v) is 22.0. The number of morpholine rings is 1. The number of benzene rings is 3.